The van der Waals surface area contributed by atoms with Crippen molar-refractivity contribution < 1.29 is 20.1 Å². The first-order chi connectivity index (χ1) is 11.1. The Morgan fingerprint density at radius 1 is 1.17 bits per heavy atom. The van der Waals surface area contributed by atoms with E-state index in [-0.39, 0.29) is 30.7 Å². The Balaban J connectivity index is 2.37. The molecule has 0 saturated heterocycles. The summed E-state index contributed by atoms with van der Waals surface area (Å²) < 4.78 is 5.69. The van der Waals surface area contributed by atoms with Gasteiger partial charge in [-0.25, -0.2) is 4.98 Å². The summed E-state index contributed by atoms with van der Waals surface area (Å²) in [6.07, 6.45) is 1.35. The Labute approximate surface area is 137 Å². The van der Waals surface area contributed by atoms with E-state index in [1.54, 1.807) is 24.3 Å². The molecule has 1 heterocycles. The zero-order valence-electron chi connectivity index (χ0n) is 12.1. The van der Waals surface area contributed by atoms with Crippen LogP contribution in [0.5, 0.6) is 11.5 Å². The molecule has 0 bridgehead atoms. The lowest BCUT2D eigenvalue weighted by Crippen LogP contribution is -2.42. The van der Waals surface area contributed by atoms with E-state index in [9.17, 15) is 15.3 Å². The van der Waals surface area contributed by atoms with Crippen molar-refractivity contribution in [3.8, 4) is 11.5 Å². The van der Waals surface area contributed by atoms with E-state index in [1.165, 1.54) is 11.1 Å². The molecule has 8 nitrogen and oxygen atoms in total. The number of rotatable bonds is 7. The number of nitrogens with two attached hydrogens (primary N) is 1. The van der Waals surface area contributed by atoms with E-state index in [4.69, 9.17) is 22.1 Å². The minimum absolute atomic E-state index is 0.0310. The normalized spacial score (nSPS) is 10.8. The summed E-state index contributed by atoms with van der Waals surface area (Å²) in [5, 5.41) is 28.8. The maximum atomic E-state index is 9.56. The van der Waals surface area contributed by atoms with Crippen LogP contribution in [0.4, 0.5) is 11.8 Å². The number of aliphatic hydroxyl groups is 3. The molecule has 2 aromatic rings. The Bertz CT molecular complexity index is 637. The minimum atomic E-state index is -0.762. The Morgan fingerprint density at radius 2 is 1.83 bits per heavy atom. The predicted molar refractivity (Wildman–Crippen MR) is 85.5 cm³/mol. The first-order valence-electron chi connectivity index (χ1n) is 6.74. The van der Waals surface area contributed by atoms with Crippen LogP contribution in [-0.2, 0) is 0 Å². The van der Waals surface area contributed by atoms with Crippen LogP contribution in [0.1, 0.15) is 0 Å². The number of aliphatic hydroxyl groups excluding tert-OH is 3. The molecule has 9 heteroatoms. The third-order valence-electron chi connectivity index (χ3n) is 3.08. The third-order valence-corrected chi connectivity index (χ3v) is 3.34. The van der Waals surface area contributed by atoms with E-state index >= 15 is 0 Å². The Morgan fingerprint density at radius 3 is 2.39 bits per heavy atom. The molecule has 0 radical (unpaired) electrons. The molecule has 0 atom stereocenters. The molecular formula is C14H17ClN4O4. The van der Waals surface area contributed by atoms with Crippen molar-refractivity contribution in [2.24, 2.45) is 0 Å². The van der Waals surface area contributed by atoms with E-state index in [2.05, 4.69) is 9.97 Å². The predicted octanol–water partition coefficient (Wildman–Crippen LogP) is 0.614. The second kappa shape index (κ2) is 7.93. The summed E-state index contributed by atoms with van der Waals surface area (Å²) in [5.74, 6) is 0.813. The lowest BCUT2D eigenvalue weighted by atomic mass is 10.3. The number of nitrogens with zero attached hydrogens (tertiary/aromatic N) is 3. The average Bonchev–Trinajstić information content (AvgIpc) is 2.56. The zero-order chi connectivity index (χ0) is 16.8. The lowest BCUT2D eigenvalue weighted by Gasteiger charge is -2.29. The molecular weight excluding hydrogens is 324 g/mol. The van der Waals surface area contributed by atoms with Crippen molar-refractivity contribution in [1.82, 2.24) is 9.97 Å². The number of aromatic nitrogens is 2. The second-order valence-corrected chi connectivity index (χ2v) is 5.04. The SMILES string of the molecule is Nc1ncc(Oc2ccc(Cl)cc2)c(N(CO)C(CO)CO)n1. The van der Waals surface area contributed by atoms with Crippen LogP contribution in [0.3, 0.4) is 0 Å². The number of anilines is 2. The van der Waals surface area contributed by atoms with E-state index in [0.717, 1.165) is 0 Å². The lowest BCUT2D eigenvalue weighted by molar-refractivity contribution is 0.164. The number of ether oxygens (including phenoxy) is 1. The van der Waals surface area contributed by atoms with Crippen LogP contribution in [0.25, 0.3) is 0 Å². The van der Waals surface area contributed by atoms with Gasteiger partial charge in [0.1, 0.15) is 12.5 Å². The van der Waals surface area contributed by atoms with E-state index < -0.39 is 12.8 Å². The molecule has 0 aliphatic carbocycles. The molecule has 0 spiro atoms. The quantitative estimate of drug-likeness (QED) is 0.540. The molecule has 5 N–H and O–H groups in total. The fourth-order valence-corrected chi connectivity index (χ4v) is 2.02. The van der Waals surface area contributed by atoms with Crippen molar-refractivity contribution in [2.45, 2.75) is 6.04 Å². The smallest absolute Gasteiger partial charge is 0.222 e. The summed E-state index contributed by atoms with van der Waals surface area (Å²) in [7, 11) is 0. The summed E-state index contributed by atoms with van der Waals surface area (Å²) in [6, 6.07) is 5.86. The molecule has 23 heavy (non-hydrogen) atoms. The minimum Gasteiger partial charge on any atom is -0.452 e. The summed E-state index contributed by atoms with van der Waals surface area (Å²) in [6.45, 7) is -1.28. The maximum Gasteiger partial charge on any atom is 0.222 e. The van der Waals surface area contributed by atoms with Gasteiger partial charge in [-0.1, -0.05) is 11.6 Å². The molecule has 0 unspecified atom stereocenters. The van der Waals surface area contributed by atoms with Gasteiger partial charge in [0.25, 0.3) is 0 Å². The van der Waals surface area contributed by atoms with Crippen molar-refractivity contribution in [3.05, 3.63) is 35.5 Å². The average molecular weight is 341 g/mol. The number of benzene rings is 1. The highest BCUT2D eigenvalue weighted by atomic mass is 35.5. The van der Waals surface area contributed by atoms with Gasteiger partial charge in [0, 0.05) is 5.02 Å². The monoisotopic (exact) mass is 340 g/mol. The molecule has 0 aliphatic heterocycles. The first-order valence-corrected chi connectivity index (χ1v) is 7.12. The van der Waals surface area contributed by atoms with Gasteiger partial charge in [-0.2, -0.15) is 4.98 Å². The highest BCUT2D eigenvalue weighted by Crippen LogP contribution is 2.31. The van der Waals surface area contributed by atoms with Crippen molar-refractivity contribution in [3.63, 3.8) is 0 Å². The largest absolute Gasteiger partial charge is 0.452 e. The van der Waals surface area contributed by atoms with Gasteiger partial charge in [0.15, 0.2) is 11.6 Å². The summed E-state index contributed by atoms with van der Waals surface area (Å²) >= 11 is 5.83. The third kappa shape index (κ3) is 4.20. The van der Waals surface area contributed by atoms with Crippen molar-refractivity contribution in [2.75, 3.05) is 30.6 Å². The van der Waals surface area contributed by atoms with Gasteiger partial charge < -0.3 is 30.7 Å². The van der Waals surface area contributed by atoms with Crippen LogP contribution in [0.2, 0.25) is 5.02 Å². The molecule has 1 aromatic heterocycles. The zero-order valence-corrected chi connectivity index (χ0v) is 12.9. The highest BCUT2D eigenvalue weighted by molar-refractivity contribution is 6.30. The summed E-state index contributed by atoms with van der Waals surface area (Å²) in [5.41, 5.74) is 5.59. The highest BCUT2D eigenvalue weighted by Gasteiger charge is 2.23. The number of hydrogen-bond donors (Lipinski definition) is 4. The second-order valence-electron chi connectivity index (χ2n) is 4.60. The van der Waals surface area contributed by atoms with Gasteiger partial charge >= 0.3 is 0 Å². The Hall–Kier alpha value is -2.13. The van der Waals surface area contributed by atoms with Crippen molar-refractivity contribution in [1.29, 1.82) is 0 Å². The molecule has 0 aliphatic rings. The fraction of sp³-hybridized carbons (Fsp3) is 0.286. The van der Waals surface area contributed by atoms with Crippen LogP contribution in [0.15, 0.2) is 30.5 Å². The van der Waals surface area contributed by atoms with E-state index in [1.807, 2.05) is 0 Å². The van der Waals surface area contributed by atoms with Crippen molar-refractivity contribution >= 4 is 23.4 Å². The molecule has 2 rings (SSSR count). The number of nitrogen functional groups attached to an aromatic ring is 1. The molecule has 0 amide bonds. The molecule has 0 saturated carbocycles. The van der Waals surface area contributed by atoms with Gasteiger partial charge in [-0.15, -0.1) is 0 Å². The molecule has 0 fully saturated rings. The first kappa shape index (κ1) is 17.2. The summed E-state index contributed by atoms with van der Waals surface area (Å²) in [4.78, 5) is 9.16. The molecule has 124 valence electrons. The number of hydrogen-bond acceptors (Lipinski definition) is 8. The topological polar surface area (TPSA) is 125 Å². The maximum absolute atomic E-state index is 9.56. The van der Waals surface area contributed by atoms with Gasteiger partial charge in [0.05, 0.1) is 25.5 Å². The van der Waals surface area contributed by atoms with Crippen LogP contribution < -0.4 is 15.4 Å². The number of halogens is 1. The van der Waals surface area contributed by atoms with Gasteiger partial charge in [0.2, 0.25) is 5.95 Å². The van der Waals surface area contributed by atoms with Crippen LogP contribution in [-0.4, -0.2) is 51.3 Å². The van der Waals surface area contributed by atoms with Crippen LogP contribution >= 0.6 is 11.6 Å². The Kier molecular flexibility index (Phi) is 5.94. The van der Waals surface area contributed by atoms with Gasteiger partial charge in [-0.05, 0) is 24.3 Å². The fourth-order valence-electron chi connectivity index (χ4n) is 1.89. The standard InChI is InChI=1S/C14H17ClN4O4/c15-9-1-3-11(4-2-9)23-12-5-17-14(16)18-13(12)19(8-22)10(6-20)7-21/h1-5,10,20-22H,6-8H2,(H2,16,17,18). The van der Waals surface area contributed by atoms with Gasteiger partial charge in [-0.3, -0.25) is 0 Å². The van der Waals surface area contributed by atoms with Crippen LogP contribution in [0, 0.1) is 0 Å². The molecule has 1 aromatic carbocycles. The van der Waals surface area contributed by atoms with E-state index in [0.29, 0.717) is 10.8 Å².